The summed E-state index contributed by atoms with van der Waals surface area (Å²) in [6.07, 6.45) is -1.53. The Morgan fingerprint density at radius 2 is 1.93 bits per heavy atom. The number of nitrogens with one attached hydrogen (secondary N) is 2. The molecule has 2 N–H and O–H groups in total. The number of piperidine rings is 1. The molecular weight excluding hydrogens is 377 g/mol. The average Bonchev–Trinajstić information content (AvgIpc) is 3.15. The van der Waals surface area contributed by atoms with Crippen molar-refractivity contribution in [2.75, 3.05) is 13.7 Å². The molecule has 3 nitrogen and oxygen atoms in total. The molecule has 29 heavy (non-hydrogen) atoms. The molecule has 0 radical (unpaired) electrons. The maximum Gasteiger partial charge on any atom is 0.395 e. The first-order valence-electron chi connectivity index (χ1n) is 10.3. The first-order valence-corrected chi connectivity index (χ1v) is 10.3. The lowest BCUT2D eigenvalue weighted by molar-refractivity contribution is -0.149. The third-order valence-corrected chi connectivity index (χ3v) is 6.19. The lowest BCUT2D eigenvalue weighted by Gasteiger charge is -2.34. The number of methoxy groups -OCH3 is 1. The molecular formula is C23H27F3N2O. The second kappa shape index (κ2) is 8.36. The van der Waals surface area contributed by atoms with Gasteiger partial charge < -0.3 is 15.4 Å². The minimum Gasteiger partial charge on any atom is -0.496 e. The number of hydrogen-bond acceptors (Lipinski definition) is 3. The molecule has 4 rings (SSSR count). The number of benzene rings is 2. The molecule has 1 heterocycles. The summed E-state index contributed by atoms with van der Waals surface area (Å²) in [5.74, 6) is -0.699. The van der Waals surface area contributed by atoms with Gasteiger partial charge in [0.05, 0.1) is 13.0 Å². The summed E-state index contributed by atoms with van der Waals surface area (Å²) < 4.78 is 45.7. The van der Waals surface area contributed by atoms with Gasteiger partial charge in [0.25, 0.3) is 0 Å². The zero-order valence-electron chi connectivity index (χ0n) is 16.6. The molecule has 6 heteroatoms. The number of fused-ring (bicyclic) bond motifs is 1. The van der Waals surface area contributed by atoms with Crippen LogP contribution in [0.25, 0.3) is 0 Å². The van der Waals surface area contributed by atoms with Crippen LogP contribution in [0.4, 0.5) is 13.2 Å². The van der Waals surface area contributed by atoms with Gasteiger partial charge in [-0.3, -0.25) is 0 Å². The molecule has 1 aliphatic heterocycles. The van der Waals surface area contributed by atoms with Crippen molar-refractivity contribution in [3.8, 4) is 5.75 Å². The standard InChI is InChI=1S/C23H27F3N2O/c1-29-21-13-16-9-10-19(23(24,25)26)18(16)12-17(21)14-28-20-8-5-11-27-22(20)15-6-3-2-4-7-15/h2-4,6-7,12-13,19-20,22,27-28H,5,8-11,14H2,1H3/t19?,20-,22-/m0/s1. The van der Waals surface area contributed by atoms with Crippen LogP contribution >= 0.6 is 0 Å². The topological polar surface area (TPSA) is 33.3 Å². The number of hydrogen-bond donors (Lipinski definition) is 2. The van der Waals surface area contributed by atoms with Crippen LogP contribution in [0.3, 0.4) is 0 Å². The number of rotatable bonds is 5. The summed E-state index contributed by atoms with van der Waals surface area (Å²) in [6.45, 7) is 1.45. The van der Waals surface area contributed by atoms with Gasteiger partial charge in [0, 0.05) is 24.2 Å². The van der Waals surface area contributed by atoms with Gasteiger partial charge in [-0.15, -0.1) is 0 Å². The van der Waals surface area contributed by atoms with Gasteiger partial charge in [0.2, 0.25) is 0 Å². The van der Waals surface area contributed by atoms with Gasteiger partial charge >= 0.3 is 6.18 Å². The summed E-state index contributed by atoms with van der Waals surface area (Å²) in [4.78, 5) is 0. The number of ether oxygens (including phenoxy) is 1. The van der Waals surface area contributed by atoms with Crippen LogP contribution in [0, 0.1) is 0 Å². The van der Waals surface area contributed by atoms with Gasteiger partial charge in [-0.05, 0) is 61.1 Å². The van der Waals surface area contributed by atoms with Gasteiger partial charge in [0.15, 0.2) is 0 Å². The monoisotopic (exact) mass is 404 g/mol. The molecule has 1 unspecified atom stereocenters. The minimum absolute atomic E-state index is 0.126. The molecule has 1 aliphatic carbocycles. The normalized spacial score (nSPS) is 24.3. The Kier molecular flexibility index (Phi) is 5.83. The molecule has 2 aromatic rings. The minimum atomic E-state index is -4.20. The fourth-order valence-corrected chi connectivity index (χ4v) is 4.71. The highest BCUT2D eigenvalue weighted by Crippen LogP contribution is 2.46. The van der Waals surface area contributed by atoms with Crippen molar-refractivity contribution in [3.05, 3.63) is 64.7 Å². The van der Waals surface area contributed by atoms with E-state index in [1.807, 2.05) is 18.2 Å². The van der Waals surface area contributed by atoms with E-state index in [9.17, 15) is 13.2 Å². The van der Waals surface area contributed by atoms with Crippen LogP contribution < -0.4 is 15.4 Å². The Bertz CT molecular complexity index is 838. The molecule has 156 valence electrons. The van der Waals surface area contributed by atoms with E-state index < -0.39 is 12.1 Å². The molecule has 0 spiro atoms. The largest absolute Gasteiger partial charge is 0.496 e. The van der Waals surface area contributed by atoms with Gasteiger partial charge in [-0.1, -0.05) is 30.3 Å². The van der Waals surface area contributed by atoms with Crippen LogP contribution in [0.1, 0.15) is 53.5 Å². The van der Waals surface area contributed by atoms with E-state index in [1.165, 1.54) is 5.56 Å². The molecule has 0 aromatic heterocycles. The Morgan fingerprint density at radius 1 is 1.14 bits per heavy atom. The Hall–Kier alpha value is -2.05. The predicted octanol–water partition coefficient (Wildman–Crippen LogP) is 4.87. The molecule has 0 amide bonds. The smallest absolute Gasteiger partial charge is 0.395 e. The molecule has 1 fully saturated rings. The van der Waals surface area contributed by atoms with Crippen LogP contribution in [-0.2, 0) is 13.0 Å². The summed E-state index contributed by atoms with van der Waals surface area (Å²) in [5, 5.41) is 7.16. The highest BCUT2D eigenvalue weighted by atomic mass is 19.4. The van der Waals surface area contributed by atoms with E-state index in [2.05, 4.69) is 22.8 Å². The second-order valence-corrected chi connectivity index (χ2v) is 7.97. The quantitative estimate of drug-likeness (QED) is 0.746. The van der Waals surface area contributed by atoms with E-state index in [1.54, 1.807) is 19.2 Å². The van der Waals surface area contributed by atoms with E-state index in [-0.39, 0.29) is 18.5 Å². The molecule has 2 aliphatic rings. The van der Waals surface area contributed by atoms with Crippen molar-refractivity contribution in [3.63, 3.8) is 0 Å². The molecule has 0 saturated carbocycles. The van der Waals surface area contributed by atoms with E-state index in [4.69, 9.17) is 4.74 Å². The third-order valence-electron chi connectivity index (χ3n) is 6.19. The molecule has 3 atom stereocenters. The summed E-state index contributed by atoms with van der Waals surface area (Å²) >= 11 is 0. The van der Waals surface area contributed by atoms with Crippen molar-refractivity contribution in [2.24, 2.45) is 0 Å². The van der Waals surface area contributed by atoms with E-state index in [0.717, 1.165) is 30.5 Å². The van der Waals surface area contributed by atoms with Crippen LogP contribution in [-0.4, -0.2) is 25.9 Å². The van der Waals surface area contributed by atoms with Gasteiger partial charge in [-0.25, -0.2) is 0 Å². The summed E-state index contributed by atoms with van der Waals surface area (Å²) in [6, 6.07) is 14.2. The average molecular weight is 404 g/mol. The Balaban J connectivity index is 1.54. The van der Waals surface area contributed by atoms with E-state index in [0.29, 0.717) is 24.3 Å². The SMILES string of the molecule is COc1cc2c(cc1CN[C@H]1CCCN[C@H]1c1ccccc1)C(C(F)(F)F)CC2. The van der Waals surface area contributed by atoms with Gasteiger partial charge in [0.1, 0.15) is 5.75 Å². The molecule has 2 aromatic carbocycles. The number of halogens is 3. The maximum atomic E-state index is 13.4. The van der Waals surface area contributed by atoms with E-state index >= 15 is 0 Å². The lowest BCUT2D eigenvalue weighted by atomic mass is 9.92. The highest BCUT2D eigenvalue weighted by molar-refractivity contribution is 5.47. The molecule has 0 bridgehead atoms. The van der Waals surface area contributed by atoms with Crippen LogP contribution in [0.15, 0.2) is 42.5 Å². The maximum absolute atomic E-state index is 13.4. The van der Waals surface area contributed by atoms with Crippen molar-refractivity contribution in [2.45, 2.75) is 56.4 Å². The summed E-state index contributed by atoms with van der Waals surface area (Å²) in [7, 11) is 1.58. The number of alkyl halides is 3. The zero-order chi connectivity index (χ0) is 20.4. The first kappa shape index (κ1) is 20.2. The predicted molar refractivity (Wildman–Crippen MR) is 107 cm³/mol. The highest BCUT2D eigenvalue weighted by Gasteiger charge is 2.44. The van der Waals surface area contributed by atoms with Crippen molar-refractivity contribution < 1.29 is 17.9 Å². The van der Waals surface area contributed by atoms with Crippen molar-refractivity contribution in [1.29, 1.82) is 0 Å². The fourth-order valence-electron chi connectivity index (χ4n) is 4.71. The Morgan fingerprint density at radius 3 is 2.66 bits per heavy atom. The second-order valence-electron chi connectivity index (χ2n) is 7.97. The Labute approximate surface area is 169 Å². The first-order chi connectivity index (χ1) is 14.0. The zero-order valence-corrected chi connectivity index (χ0v) is 16.6. The third kappa shape index (κ3) is 4.28. The fraction of sp³-hybridized carbons (Fsp3) is 0.478. The van der Waals surface area contributed by atoms with Crippen LogP contribution in [0.5, 0.6) is 5.75 Å². The number of aryl methyl sites for hydroxylation is 1. The molecule has 1 saturated heterocycles. The van der Waals surface area contributed by atoms with Crippen LogP contribution in [0.2, 0.25) is 0 Å². The van der Waals surface area contributed by atoms with Crippen molar-refractivity contribution >= 4 is 0 Å². The summed E-state index contributed by atoms with van der Waals surface area (Å²) in [5.41, 5.74) is 3.19. The van der Waals surface area contributed by atoms with Gasteiger partial charge in [-0.2, -0.15) is 13.2 Å². The van der Waals surface area contributed by atoms with Crippen molar-refractivity contribution in [1.82, 2.24) is 10.6 Å². The lowest BCUT2D eigenvalue weighted by Crippen LogP contribution is -2.45.